The van der Waals surface area contributed by atoms with Crippen LogP contribution >= 0.6 is 0 Å². The summed E-state index contributed by atoms with van der Waals surface area (Å²) in [5.41, 5.74) is 0.125. The molecule has 32 heavy (non-hydrogen) atoms. The van der Waals surface area contributed by atoms with Crippen LogP contribution in [0.2, 0.25) is 0 Å². The van der Waals surface area contributed by atoms with Gasteiger partial charge in [-0.1, -0.05) is 0 Å². The highest BCUT2D eigenvalue weighted by molar-refractivity contribution is 5.95. The Hall–Kier alpha value is -2.16. The second kappa shape index (κ2) is 17.4. The fraction of sp³-hybridized carbons (Fsp3) is 0.600. The Balaban J connectivity index is 2.67. The van der Waals surface area contributed by atoms with Crippen molar-refractivity contribution in [3.8, 4) is 0 Å². The van der Waals surface area contributed by atoms with Crippen LogP contribution in [-0.2, 0) is 41.6 Å². The molecule has 0 atom stereocenters. The Bertz CT molecular complexity index is 679. The molecule has 1 aromatic rings. The molecule has 0 aliphatic carbocycles. The van der Waals surface area contributed by atoms with E-state index in [9.17, 15) is 19.8 Å². The first-order valence-electron chi connectivity index (χ1n) is 9.81. The minimum atomic E-state index is -1.31. The Labute approximate surface area is 185 Å². The van der Waals surface area contributed by atoms with Crippen molar-refractivity contribution >= 4 is 11.9 Å². The lowest BCUT2D eigenvalue weighted by molar-refractivity contribution is -0.139. The second-order valence-corrected chi connectivity index (χ2v) is 6.32. The average Bonchev–Trinajstić information content (AvgIpc) is 2.77. The predicted octanol–water partition coefficient (Wildman–Crippen LogP) is 0.777. The number of aromatic carboxylic acids is 2. The number of carbonyl (C=O) groups is 2. The summed E-state index contributed by atoms with van der Waals surface area (Å²) in [5.74, 6) is -2.59. The van der Waals surface area contributed by atoms with E-state index in [1.54, 1.807) is 0 Å². The number of rotatable bonds is 20. The van der Waals surface area contributed by atoms with Gasteiger partial charge in [-0.15, -0.1) is 0 Å². The molecule has 12 heteroatoms. The summed E-state index contributed by atoms with van der Waals surface area (Å²) < 4.78 is 31.1. The van der Waals surface area contributed by atoms with E-state index in [0.29, 0.717) is 31.6 Å². The Morgan fingerprint density at radius 2 is 1.22 bits per heavy atom. The van der Waals surface area contributed by atoms with E-state index in [1.807, 2.05) is 0 Å². The van der Waals surface area contributed by atoms with Gasteiger partial charge < -0.3 is 48.8 Å². The zero-order chi connectivity index (χ0) is 23.6. The number of ether oxygens (including phenoxy) is 6. The molecule has 1 aromatic carbocycles. The van der Waals surface area contributed by atoms with E-state index in [1.165, 1.54) is 6.07 Å². The molecule has 0 amide bonds. The van der Waals surface area contributed by atoms with E-state index in [-0.39, 0.29) is 70.3 Å². The van der Waals surface area contributed by atoms with Crippen molar-refractivity contribution < 1.29 is 58.4 Å². The van der Waals surface area contributed by atoms with E-state index in [4.69, 9.17) is 38.6 Å². The van der Waals surface area contributed by atoms with Crippen LogP contribution in [-0.4, -0.2) is 86.0 Å². The first kappa shape index (κ1) is 27.9. The quantitative estimate of drug-likeness (QED) is 0.159. The van der Waals surface area contributed by atoms with Crippen LogP contribution in [0.3, 0.4) is 0 Å². The maximum absolute atomic E-state index is 11.7. The normalized spacial score (nSPS) is 11.1. The molecular weight excluding hydrogens is 432 g/mol. The molecule has 0 saturated heterocycles. The van der Waals surface area contributed by atoms with Crippen LogP contribution in [0.15, 0.2) is 12.1 Å². The Morgan fingerprint density at radius 3 is 1.72 bits per heavy atom. The van der Waals surface area contributed by atoms with Crippen LogP contribution in [0.1, 0.15) is 44.7 Å². The molecule has 1 rings (SSSR count). The van der Waals surface area contributed by atoms with Gasteiger partial charge in [0.25, 0.3) is 0 Å². The molecule has 4 N–H and O–H groups in total. The van der Waals surface area contributed by atoms with Gasteiger partial charge in [-0.05, 0) is 36.1 Å². The first-order chi connectivity index (χ1) is 15.5. The summed E-state index contributed by atoms with van der Waals surface area (Å²) in [7, 11) is 0. The van der Waals surface area contributed by atoms with E-state index < -0.39 is 11.9 Å². The van der Waals surface area contributed by atoms with Crippen molar-refractivity contribution in [3.63, 3.8) is 0 Å². The molecule has 0 radical (unpaired) electrons. The smallest absolute Gasteiger partial charge is 0.336 e. The molecule has 0 spiro atoms. The lowest BCUT2D eigenvalue weighted by Gasteiger charge is -2.15. The standard InChI is InChI=1S/C20H30O12/c21-3-1-5-27-11-31-13-29-9-16-7-15(19(23)24)8-17(20(25)26)18(16)10-30-14-32-12-28-6-2-4-22/h7-8,21-22H,1-6,9-14H2,(H,23,24)(H,25,26). The number of carboxylic acids is 2. The lowest BCUT2D eigenvalue weighted by Crippen LogP contribution is -2.14. The molecule has 0 aromatic heterocycles. The molecule has 12 nitrogen and oxygen atoms in total. The Morgan fingerprint density at radius 1 is 0.688 bits per heavy atom. The first-order valence-corrected chi connectivity index (χ1v) is 9.81. The third-order valence-electron chi connectivity index (χ3n) is 3.88. The highest BCUT2D eigenvalue weighted by Crippen LogP contribution is 2.21. The van der Waals surface area contributed by atoms with Gasteiger partial charge in [0.05, 0.1) is 37.6 Å². The van der Waals surface area contributed by atoms with Crippen molar-refractivity contribution in [2.75, 3.05) is 53.6 Å². The van der Waals surface area contributed by atoms with Crippen LogP contribution in [0, 0.1) is 0 Å². The SMILES string of the molecule is O=C(O)c1cc(COCOCOCCCO)c(COCOCOCCCO)c(C(=O)O)c1. The van der Waals surface area contributed by atoms with Gasteiger partial charge in [0.1, 0.15) is 27.2 Å². The molecular formula is C20H30O12. The van der Waals surface area contributed by atoms with Gasteiger partial charge in [0.15, 0.2) is 0 Å². The summed E-state index contributed by atoms with van der Waals surface area (Å²) in [6, 6.07) is 2.36. The molecule has 0 saturated carbocycles. The third-order valence-corrected chi connectivity index (χ3v) is 3.88. The second-order valence-electron chi connectivity index (χ2n) is 6.32. The topological polar surface area (TPSA) is 170 Å². The van der Waals surface area contributed by atoms with E-state index in [0.717, 1.165) is 6.07 Å². The maximum Gasteiger partial charge on any atom is 0.336 e. The fourth-order valence-corrected chi connectivity index (χ4v) is 2.40. The van der Waals surface area contributed by atoms with Crippen molar-refractivity contribution in [3.05, 3.63) is 34.4 Å². The molecule has 182 valence electrons. The fourth-order valence-electron chi connectivity index (χ4n) is 2.40. The lowest BCUT2D eigenvalue weighted by atomic mass is 9.98. The highest BCUT2D eigenvalue weighted by Gasteiger charge is 2.19. The summed E-state index contributed by atoms with van der Waals surface area (Å²) >= 11 is 0. The molecule has 0 bridgehead atoms. The van der Waals surface area contributed by atoms with Crippen molar-refractivity contribution in [1.82, 2.24) is 0 Å². The van der Waals surface area contributed by atoms with Gasteiger partial charge in [0.2, 0.25) is 0 Å². The largest absolute Gasteiger partial charge is 0.478 e. The number of hydrogen-bond donors (Lipinski definition) is 4. The number of benzene rings is 1. The predicted molar refractivity (Wildman–Crippen MR) is 107 cm³/mol. The summed E-state index contributed by atoms with van der Waals surface area (Å²) in [4.78, 5) is 23.0. The van der Waals surface area contributed by atoms with Gasteiger partial charge in [-0.2, -0.15) is 0 Å². The van der Waals surface area contributed by atoms with Crippen LogP contribution in [0.25, 0.3) is 0 Å². The number of hydrogen-bond acceptors (Lipinski definition) is 10. The van der Waals surface area contributed by atoms with Gasteiger partial charge in [-0.25, -0.2) is 9.59 Å². The molecule has 0 fully saturated rings. The van der Waals surface area contributed by atoms with Gasteiger partial charge >= 0.3 is 11.9 Å². The molecule has 0 heterocycles. The summed E-state index contributed by atoms with van der Waals surface area (Å²) in [6.07, 6.45) is 0.954. The Kier molecular flexibility index (Phi) is 15.2. The third kappa shape index (κ3) is 11.5. The minimum Gasteiger partial charge on any atom is -0.478 e. The zero-order valence-electron chi connectivity index (χ0n) is 17.7. The zero-order valence-corrected chi connectivity index (χ0v) is 17.7. The summed E-state index contributed by atoms with van der Waals surface area (Å²) in [5, 5.41) is 36.1. The molecule has 0 unspecified atom stereocenters. The van der Waals surface area contributed by atoms with Crippen molar-refractivity contribution in [1.29, 1.82) is 0 Å². The number of carboxylic acid groups (broad SMARTS) is 2. The van der Waals surface area contributed by atoms with Crippen LogP contribution < -0.4 is 0 Å². The minimum absolute atomic E-state index is 0.00737. The van der Waals surface area contributed by atoms with E-state index >= 15 is 0 Å². The van der Waals surface area contributed by atoms with Crippen LogP contribution in [0.4, 0.5) is 0 Å². The maximum atomic E-state index is 11.7. The van der Waals surface area contributed by atoms with Gasteiger partial charge in [-0.3, -0.25) is 0 Å². The summed E-state index contributed by atoms with van der Waals surface area (Å²) in [6.45, 7) is -0.0880. The number of aliphatic hydroxyl groups is 2. The highest BCUT2D eigenvalue weighted by atomic mass is 16.7. The monoisotopic (exact) mass is 462 g/mol. The van der Waals surface area contributed by atoms with Gasteiger partial charge in [0, 0.05) is 13.2 Å². The molecule has 0 aliphatic rings. The van der Waals surface area contributed by atoms with Crippen LogP contribution in [0.5, 0.6) is 0 Å². The number of aliphatic hydroxyl groups excluding tert-OH is 2. The van der Waals surface area contributed by atoms with Crippen molar-refractivity contribution in [2.24, 2.45) is 0 Å². The average molecular weight is 462 g/mol. The molecule has 0 aliphatic heterocycles. The van der Waals surface area contributed by atoms with E-state index in [2.05, 4.69) is 0 Å². The van der Waals surface area contributed by atoms with Crippen molar-refractivity contribution in [2.45, 2.75) is 26.1 Å².